The number of amides is 1. The van der Waals surface area contributed by atoms with Crippen LogP contribution in [0.1, 0.15) is 31.2 Å². The van der Waals surface area contributed by atoms with Crippen LogP contribution >= 0.6 is 0 Å². The molecule has 1 aromatic heterocycles. The molecule has 0 N–H and O–H groups in total. The summed E-state index contributed by atoms with van der Waals surface area (Å²) in [6, 6.07) is 12.0. The van der Waals surface area contributed by atoms with Crippen LogP contribution < -0.4 is 9.47 Å². The van der Waals surface area contributed by atoms with Crippen molar-refractivity contribution in [3.8, 4) is 11.5 Å². The summed E-state index contributed by atoms with van der Waals surface area (Å²) in [5, 5.41) is 0. The topological polar surface area (TPSA) is 51.7 Å². The van der Waals surface area contributed by atoms with E-state index >= 15 is 0 Å². The monoisotopic (exact) mass is 364 g/mol. The van der Waals surface area contributed by atoms with Gasteiger partial charge in [-0.2, -0.15) is 0 Å². The molecule has 2 bridgehead atoms. The highest BCUT2D eigenvalue weighted by Crippen LogP contribution is 2.37. The van der Waals surface area contributed by atoms with E-state index in [2.05, 4.69) is 9.88 Å². The van der Waals surface area contributed by atoms with Crippen LogP contribution in [0.25, 0.3) is 6.08 Å². The van der Waals surface area contributed by atoms with Crippen molar-refractivity contribution in [1.82, 2.24) is 9.88 Å². The molecule has 3 heterocycles. The molecule has 2 unspecified atom stereocenters. The summed E-state index contributed by atoms with van der Waals surface area (Å²) in [5.74, 6) is 1.71. The summed E-state index contributed by atoms with van der Waals surface area (Å²) < 4.78 is 11.2. The van der Waals surface area contributed by atoms with Gasteiger partial charge in [-0.15, -0.1) is 0 Å². The smallest absolute Gasteiger partial charge is 0.247 e. The Morgan fingerprint density at radius 3 is 2.48 bits per heavy atom. The van der Waals surface area contributed by atoms with Crippen LogP contribution in [-0.4, -0.2) is 41.1 Å². The largest absolute Gasteiger partial charge is 0.497 e. The van der Waals surface area contributed by atoms with E-state index in [0.29, 0.717) is 0 Å². The number of carbonyl (C=O) groups is 1. The first-order valence-electron chi connectivity index (χ1n) is 9.44. The summed E-state index contributed by atoms with van der Waals surface area (Å²) in [7, 11) is 1.64. The van der Waals surface area contributed by atoms with E-state index in [1.165, 1.54) is 0 Å². The Kier molecular flexibility index (Phi) is 5.10. The molecule has 0 spiro atoms. The second-order valence-corrected chi connectivity index (χ2v) is 7.14. The van der Waals surface area contributed by atoms with Crippen molar-refractivity contribution in [2.45, 2.75) is 43.9 Å². The van der Waals surface area contributed by atoms with Crippen molar-refractivity contribution in [2.24, 2.45) is 0 Å². The van der Waals surface area contributed by atoms with Crippen molar-refractivity contribution >= 4 is 12.0 Å². The number of nitrogens with zero attached hydrogens (tertiary/aromatic N) is 2. The predicted octanol–water partition coefficient (Wildman–Crippen LogP) is 3.70. The number of piperidine rings is 1. The van der Waals surface area contributed by atoms with Gasteiger partial charge in [-0.3, -0.25) is 9.78 Å². The fourth-order valence-electron chi connectivity index (χ4n) is 4.16. The number of aromatic nitrogens is 1. The molecule has 140 valence electrons. The Hall–Kier alpha value is -2.82. The molecule has 0 aliphatic carbocycles. The molecule has 2 aliphatic heterocycles. The van der Waals surface area contributed by atoms with Gasteiger partial charge in [-0.1, -0.05) is 12.1 Å². The molecule has 4 rings (SSSR count). The van der Waals surface area contributed by atoms with Crippen LogP contribution in [0.2, 0.25) is 0 Å². The maximum atomic E-state index is 12.8. The highest BCUT2D eigenvalue weighted by atomic mass is 16.5. The van der Waals surface area contributed by atoms with Crippen molar-refractivity contribution < 1.29 is 14.3 Å². The number of fused-ring (bicyclic) bond motifs is 2. The zero-order valence-corrected chi connectivity index (χ0v) is 15.5. The Labute approximate surface area is 159 Å². The molecule has 0 radical (unpaired) electrons. The molecule has 1 aromatic carbocycles. The fourth-order valence-corrected chi connectivity index (χ4v) is 4.16. The van der Waals surface area contributed by atoms with Crippen LogP contribution in [0.5, 0.6) is 11.5 Å². The van der Waals surface area contributed by atoms with Crippen LogP contribution in [0.15, 0.2) is 54.9 Å². The molecule has 1 amide bonds. The van der Waals surface area contributed by atoms with Crippen molar-refractivity contribution in [2.75, 3.05) is 7.11 Å². The van der Waals surface area contributed by atoms with Gasteiger partial charge in [0.15, 0.2) is 0 Å². The van der Waals surface area contributed by atoms with Gasteiger partial charge >= 0.3 is 0 Å². The third-order valence-electron chi connectivity index (χ3n) is 5.42. The molecule has 2 aromatic rings. The summed E-state index contributed by atoms with van der Waals surface area (Å²) in [6.45, 7) is 0. The number of benzene rings is 1. The standard InChI is InChI=1S/C22H24N2O3/c1-26-19-9-4-16(5-10-19)6-11-22(25)24-17-7-8-18(24)14-21(13-17)27-20-3-2-12-23-15-20/h2-6,9-12,15,17-18,21H,7-8,13-14H2,1H3/b11-6+. The van der Waals surface area contributed by atoms with E-state index in [-0.39, 0.29) is 24.1 Å². The minimum Gasteiger partial charge on any atom is -0.497 e. The first-order chi connectivity index (χ1) is 13.2. The minimum absolute atomic E-state index is 0.0955. The Morgan fingerprint density at radius 1 is 1.11 bits per heavy atom. The van der Waals surface area contributed by atoms with Crippen molar-refractivity contribution in [3.63, 3.8) is 0 Å². The molecular formula is C22H24N2O3. The molecule has 2 fully saturated rings. The fraction of sp³-hybridized carbons (Fsp3) is 0.364. The van der Waals surface area contributed by atoms with Gasteiger partial charge in [0.2, 0.25) is 5.91 Å². The highest BCUT2D eigenvalue weighted by molar-refractivity contribution is 5.92. The van der Waals surface area contributed by atoms with E-state index in [1.807, 2.05) is 42.5 Å². The average Bonchev–Trinajstić information content (AvgIpc) is 2.98. The maximum absolute atomic E-state index is 12.8. The summed E-state index contributed by atoms with van der Waals surface area (Å²) in [4.78, 5) is 18.9. The zero-order chi connectivity index (χ0) is 18.6. The second kappa shape index (κ2) is 7.82. The molecule has 0 saturated carbocycles. The van der Waals surface area contributed by atoms with E-state index in [0.717, 1.165) is 42.7 Å². The number of ether oxygens (including phenoxy) is 2. The third-order valence-corrected chi connectivity index (χ3v) is 5.42. The average molecular weight is 364 g/mol. The lowest BCUT2D eigenvalue weighted by molar-refractivity contribution is -0.131. The predicted molar refractivity (Wildman–Crippen MR) is 104 cm³/mol. The first kappa shape index (κ1) is 17.6. The van der Waals surface area contributed by atoms with Gasteiger partial charge in [-0.05, 0) is 48.7 Å². The molecule has 2 saturated heterocycles. The lowest BCUT2D eigenvalue weighted by atomic mass is 9.99. The van der Waals surface area contributed by atoms with Crippen LogP contribution in [0.3, 0.4) is 0 Å². The zero-order valence-electron chi connectivity index (χ0n) is 15.5. The lowest BCUT2D eigenvalue weighted by Gasteiger charge is -2.38. The SMILES string of the molecule is COc1ccc(/C=C/C(=O)N2C3CCC2CC(Oc2cccnc2)C3)cc1. The number of methoxy groups -OCH3 is 1. The van der Waals surface area contributed by atoms with Crippen LogP contribution in [0, 0.1) is 0 Å². The van der Waals surface area contributed by atoms with Gasteiger partial charge in [-0.25, -0.2) is 0 Å². The Morgan fingerprint density at radius 2 is 1.85 bits per heavy atom. The third kappa shape index (κ3) is 3.97. The summed E-state index contributed by atoms with van der Waals surface area (Å²) in [5.41, 5.74) is 0.992. The number of carbonyl (C=O) groups excluding carboxylic acids is 1. The highest BCUT2D eigenvalue weighted by Gasteiger charge is 2.43. The number of pyridine rings is 1. The molecule has 2 aliphatic rings. The van der Waals surface area contributed by atoms with Gasteiger partial charge < -0.3 is 14.4 Å². The molecule has 27 heavy (non-hydrogen) atoms. The lowest BCUT2D eigenvalue weighted by Crippen LogP contribution is -2.48. The van der Waals surface area contributed by atoms with Crippen molar-refractivity contribution in [1.29, 1.82) is 0 Å². The van der Waals surface area contributed by atoms with E-state index in [9.17, 15) is 4.79 Å². The van der Waals surface area contributed by atoms with Gasteiger partial charge in [0.1, 0.15) is 17.6 Å². The summed E-state index contributed by atoms with van der Waals surface area (Å²) in [6.07, 6.45) is 11.1. The molecule has 5 nitrogen and oxygen atoms in total. The number of rotatable bonds is 5. The van der Waals surface area contributed by atoms with Gasteiger partial charge in [0.05, 0.1) is 13.3 Å². The molecular weight excluding hydrogens is 340 g/mol. The molecule has 2 atom stereocenters. The normalized spacial score (nSPS) is 24.2. The molecule has 5 heteroatoms. The van der Waals surface area contributed by atoms with Gasteiger partial charge in [0.25, 0.3) is 0 Å². The Balaban J connectivity index is 1.38. The van der Waals surface area contributed by atoms with Gasteiger partial charge in [0, 0.05) is 37.2 Å². The first-order valence-corrected chi connectivity index (χ1v) is 9.44. The van der Waals surface area contributed by atoms with E-state index < -0.39 is 0 Å². The number of hydrogen-bond acceptors (Lipinski definition) is 4. The second-order valence-electron chi connectivity index (χ2n) is 7.14. The maximum Gasteiger partial charge on any atom is 0.247 e. The van der Waals surface area contributed by atoms with Crippen LogP contribution in [-0.2, 0) is 4.79 Å². The number of hydrogen-bond donors (Lipinski definition) is 0. The quantitative estimate of drug-likeness (QED) is 0.759. The minimum atomic E-state index is 0.0955. The summed E-state index contributed by atoms with van der Waals surface area (Å²) >= 11 is 0. The Bertz CT molecular complexity index is 790. The van der Waals surface area contributed by atoms with Crippen LogP contribution in [0.4, 0.5) is 0 Å². The van der Waals surface area contributed by atoms with E-state index in [4.69, 9.17) is 9.47 Å². The van der Waals surface area contributed by atoms with Crippen molar-refractivity contribution in [3.05, 3.63) is 60.4 Å². The van der Waals surface area contributed by atoms with E-state index in [1.54, 1.807) is 25.6 Å².